The standard InChI is InChI=1S/C22H27F2N3O4/c1-3-30-18-12-15(6-7-17(18)31-21(23)24)16-13-20(29)27(14-16)22(10-8-19(25)28)9-4-5-11-26(22)2/h4-7,9,11-12,16,21H,3,8,10,13-14H2,1-2H3,(H2,25,28)/t16-,22-/m1/s1. The molecule has 2 amide bonds. The number of halogens is 2. The zero-order chi connectivity index (χ0) is 22.6. The average molecular weight is 435 g/mol. The number of rotatable bonds is 9. The normalized spacial score (nSPS) is 23.0. The fraction of sp³-hybridized carbons (Fsp3) is 0.455. The highest BCUT2D eigenvalue weighted by Crippen LogP contribution is 2.40. The molecule has 0 unspecified atom stereocenters. The Bertz CT molecular complexity index is 890. The Hall–Kier alpha value is -3.10. The molecule has 1 saturated heterocycles. The van der Waals surface area contributed by atoms with E-state index in [2.05, 4.69) is 4.74 Å². The summed E-state index contributed by atoms with van der Waals surface area (Å²) in [4.78, 5) is 28.2. The molecule has 168 valence electrons. The molecule has 1 aromatic rings. The molecule has 0 spiro atoms. The molecule has 2 atom stereocenters. The number of primary amides is 1. The van der Waals surface area contributed by atoms with Gasteiger partial charge in [-0.1, -0.05) is 12.1 Å². The number of likely N-dealkylation sites (tertiary alicyclic amines) is 1. The van der Waals surface area contributed by atoms with Gasteiger partial charge in [0.25, 0.3) is 0 Å². The van der Waals surface area contributed by atoms with Crippen LogP contribution >= 0.6 is 0 Å². The Kier molecular flexibility index (Phi) is 6.82. The van der Waals surface area contributed by atoms with Crippen LogP contribution in [0, 0.1) is 0 Å². The van der Waals surface area contributed by atoms with Gasteiger partial charge in [0.05, 0.1) is 6.61 Å². The van der Waals surface area contributed by atoms with Crippen LogP contribution in [0.25, 0.3) is 0 Å². The van der Waals surface area contributed by atoms with Crippen molar-refractivity contribution in [2.75, 3.05) is 20.2 Å². The quantitative estimate of drug-likeness (QED) is 0.645. The summed E-state index contributed by atoms with van der Waals surface area (Å²) in [7, 11) is 1.85. The lowest BCUT2D eigenvalue weighted by atomic mass is 9.95. The summed E-state index contributed by atoms with van der Waals surface area (Å²) in [6.07, 6.45) is 8.22. The monoisotopic (exact) mass is 435 g/mol. The SMILES string of the molecule is CCOc1cc([C@@H]2CC(=O)N([C@@]3(CCC(N)=O)C=CC=CN3C)C2)ccc1OC(F)F. The number of carbonyl (C=O) groups is 2. The first-order valence-electron chi connectivity index (χ1n) is 10.2. The van der Waals surface area contributed by atoms with E-state index in [0.29, 0.717) is 13.0 Å². The van der Waals surface area contributed by atoms with Gasteiger partial charge in [-0.05, 0) is 36.8 Å². The summed E-state index contributed by atoms with van der Waals surface area (Å²) in [6, 6.07) is 4.77. The molecule has 0 aromatic heterocycles. The molecule has 2 heterocycles. The fourth-order valence-electron chi connectivity index (χ4n) is 4.16. The molecule has 0 aliphatic carbocycles. The van der Waals surface area contributed by atoms with Gasteiger partial charge < -0.3 is 25.0 Å². The second kappa shape index (κ2) is 9.36. The van der Waals surface area contributed by atoms with Gasteiger partial charge in [-0.25, -0.2) is 0 Å². The molecular formula is C22H27F2N3O4. The third-order valence-corrected chi connectivity index (χ3v) is 5.68. The van der Waals surface area contributed by atoms with Gasteiger partial charge in [0.1, 0.15) is 5.66 Å². The molecular weight excluding hydrogens is 408 g/mol. The van der Waals surface area contributed by atoms with Crippen LogP contribution in [0.5, 0.6) is 11.5 Å². The Balaban J connectivity index is 1.87. The maximum atomic E-state index is 13.0. The Morgan fingerprint density at radius 3 is 2.74 bits per heavy atom. The topological polar surface area (TPSA) is 85.1 Å². The lowest BCUT2D eigenvalue weighted by Crippen LogP contribution is -2.58. The van der Waals surface area contributed by atoms with Crippen LogP contribution in [0.1, 0.15) is 37.7 Å². The largest absolute Gasteiger partial charge is 0.490 e. The molecule has 0 radical (unpaired) electrons. The fourth-order valence-corrected chi connectivity index (χ4v) is 4.16. The number of benzene rings is 1. The van der Waals surface area contributed by atoms with E-state index in [1.165, 1.54) is 6.07 Å². The molecule has 2 aliphatic rings. The number of ether oxygens (including phenoxy) is 2. The van der Waals surface area contributed by atoms with Crippen molar-refractivity contribution < 1.29 is 27.8 Å². The number of nitrogens with zero attached hydrogens (tertiary/aromatic N) is 2. The van der Waals surface area contributed by atoms with Crippen molar-refractivity contribution >= 4 is 11.8 Å². The minimum absolute atomic E-state index is 0.0419. The number of alkyl halides is 2. The van der Waals surface area contributed by atoms with Crippen molar-refractivity contribution in [1.82, 2.24) is 9.80 Å². The van der Waals surface area contributed by atoms with Crippen molar-refractivity contribution in [3.63, 3.8) is 0 Å². The summed E-state index contributed by atoms with van der Waals surface area (Å²) < 4.78 is 35.4. The smallest absolute Gasteiger partial charge is 0.387 e. The Morgan fingerprint density at radius 1 is 1.32 bits per heavy atom. The summed E-state index contributed by atoms with van der Waals surface area (Å²) >= 11 is 0. The first-order chi connectivity index (χ1) is 14.8. The minimum atomic E-state index is -2.96. The number of nitrogens with two attached hydrogens (primary N) is 1. The maximum absolute atomic E-state index is 13.0. The summed E-state index contributed by atoms with van der Waals surface area (Å²) in [5.41, 5.74) is 5.38. The lowest BCUT2D eigenvalue weighted by Gasteiger charge is -2.47. The number of hydrogen-bond acceptors (Lipinski definition) is 5. The van der Waals surface area contributed by atoms with Crippen LogP contribution in [0.2, 0.25) is 0 Å². The van der Waals surface area contributed by atoms with Gasteiger partial charge in [-0.2, -0.15) is 8.78 Å². The van der Waals surface area contributed by atoms with Crippen LogP contribution in [0.4, 0.5) is 8.78 Å². The van der Waals surface area contributed by atoms with E-state index in [1.807, 2.05) is 36.4 Å². The van der Waals surface area contributed by atoms with Gasteiger partial charge in [-0.15, -0.1) is 0 Å². The molecule has 1 aromatic carbocycles. The Morgan fingerprint density at radius 2 is 2.10 bits per heavy atom. The molecule has 2 N–H and O–H groups in total. The number of hydrogen-bond donors (Lipinski definition) is 1. The number of amides is 2. The zero-order valence-electron chi connectivity index (χ0n) is 17.6. The zero-order valence-corrected chi connectivity index (χ0v) is 17.6. The van der Waals surface area contributed by atoms with E-state index < -0.39 is 18.2 Å². The first-order valence-corrected chi connectivity index (χ1v) is 10.2. The van der Waals surface area contributed by atoms with Crippen molar-refractivity contribution in [2.45, 2.75) is 44.4 Å². The summed E-state index contributed by atoms with van der Waals surface area (Å²) in [5, 5.41) is 0. The van der Waals surface area contributed by atoms with Crippen LogP contribution in [-0.2, 0) is 9.59 Å². The van der Waals surface area contributed by atoms with Gasteiger partial charge in [0, 0.05) is 45.0 Å². The van der Waals surface area contributed by atoms with Crippen LogP contribution in [0.15, 0.2) is 42.6 Å². The first kappa shape index (κ1) is 22.6. The van der Waals surface area contributed by atoms with Crippen molar-refractivity contribution in [3.8, 4) is 11.5 Å². The number of allylic oxidation sites excluding steroid dienone is 2. The number of carbonyl (C=O) groups excluding carboxylic acids is 2. The second-order valence-corrected chi connectivity index (χ2v) is 7.58. The van der Waals surface area contributed by atoms with Gasteiger partial charge in [0.15, 0.2) is 11.5 Å². The predicted octanol–water partition coefficient (Wildman–Crippen LogP) is 2.98. The lowest BCUT2D eigenvalue weighted by molar-refractivity contribution is -0.137. The highest BCUT2D eigenvalue weighted by atomic mass is 19.3. The molecule has 2 aliphatic heterocycles. The van der Waals surface area contributed by atoms with E-state index in [-0.39, 0.29) is 42.8 Å². The summed E-state index contributed by atoms with van der Waals surface area (Å²) in [5.74, 6) is -0.487. The summed E-state index contributed by atoms with van der Waals surface area (Å²) in [6.45, 7) is -0.515. The van der Waals surface area contributed by atoms with Crippen LogP contribution in [0.3, 0.4) is 0 Å². The van der Waals surface area contributed by atoms with E-state index in [1.54, 1.807) is 24.0 Å². The van der Waals surface area contributed by atoms with Crippen LogP contribution < -0.4 is 15.2 Å². The third kappa shape index (κ3) is 4.81. The van der Waals surface area contributed by atoms with Crippen molar-refractivity contribution in [3.05, 3.63) is 48.2 Å². The molecule has 0 bridgehead atoms. The van der Waals surface area contributed by atoms with E-state index in [0.717, 1.165) is 5.56 Å². The third-order valence-electron chi connectivity index (χ3n) is 5.68. The van der Waals surface area contributed by atoms with Crippen molar-refractivity contribution in [1.29, 1.82) is 0 Å². The molecule has 31 heavy (non-hydrogen) atoms. The van der Waals surface area contributed by atoms with Gasteiger partial charge >= 0.3 is 6.61 Å². The van der Waals surface area contributed by atoms with E-state index >= 15 is 0 Å². The van der Waals surface area contributed by atoms with E-state index in [9.17, 15) is 18.4 Å². The number of likely N-dealkylation sites (N-methyl/N-ethyl adjacent to an activating group) is 1. The van der Waals surface area contributed by atoms with Gasteiger partial charge in [0.2, 0.25) is 11.8 Å². The van der Waals surface area contributed by atoms with Crippen LogP contribution in [-0.4, -0.2) is 54.1 Å². The molecule has 7 nitrogen and oxygen atoms in total. The van der Waals surface area contributed by atoms with Gasteiger partial charge in [-0.3, -0.25) is 9.59 Å². The molecule has 1 fully saturated rings. The average Bonchev–Trinajstić information content (AvgIpc) is 3.11. The molecule has 0 saturated carbocycles. The van der Waals surface area contributed by atoms with E-state index in [4.69, 9.17) is 10.5 Å². The highest BCUT2D eigenvalue weighted by molar-refractivity contribution is 5.81. The maximum Gasteiger partial charge on any atom is 0.387 e. The predicted molar refractivity (Wildman–Crippen MR) is 111 cm³/mol. The Labute approximate surface area is 180 Å². The van der Waals surface area contributed by atoms with Crippen molar-refractivity contribution in [2.24, 2.45) is 5.73 Å². The second-order valence-electron chi connectivity index (χ2n) is 7.58. The molecule has 3 rings (SSSR count). The highest BCUT2D eigenvalue weighted by Gasteiger charge is 2.46. The minimum Gasteiger partial charge on any atom is -0.490 e. The molecule has 9 heteroatoms.